The number of nitrogens with one attached hydrogen (secondary N) is 1. The van der Waals surface area contributed by atoms with Gasteiger partial charge in [-0.15, -0.1) is 11.8 Å². The first-order valence-corrected chi connectivity index (χ1v) is 9.64. The van der Waals surface area contributed by atoms with E-state index in [0.29, 0.717) is 5.69 Å². The Morgan fingerprint density at radius 1 is 0.926 bits per heavy atom. The molecule has 138 valence electrons. The van der Waals surface area contributed by atoms with Crippen LogP contribution in [0.15, 0.2) is 65.6 Å². The Balaban J connectivity index is 1.46. The van der Waals surface area contributed by atoms with Crippen LogP contribution in [0.25, 0.3) is 10.8 Å². The number of aryl methyl sites for hydroxylation is 2. The normalized spacial score (nSPS) is 10.6. The van der Waals surface area contributed by atoms with Crippen LogP contribution < -0.4 is 5.32 Å². The third kappa shape index (κ3) is 5.34. The van der Waals surface area contributed by atoms with Gasteiger partial charge in [-0.2, -0.15) is 0 Å². The van der Waals surface area contributed by atoms with Crippen LogP contribution in [0.1, 0.15) is 11.1 Å². The van der Waals surface area contributed by atoms with Gasteiger partial charge in [-0.3, -0.25) is 9.59 Å². The van der Waals surface area contributed by atoms with Crippen molar-refractivity contribution in [3.63, 3.8) is 0 Å². The van der Waals surface area contributed by atoms with Crippen LogP contribution in [0.3, 0.4) is 0 Å². The van der Waals surface area contributed by atoms with E-state index in [1.54, 1.807) is 0 Å². The summed E-state index contributed by atoms with van der Waals surface area (Å²) in [4.78, 5) is 24.9. The van der Waals surface area contributed by atoms with Crippen LogP contribution in [0, 0.1) is 13.8 Å². The SMILES string of the molecule is Cc1ccc(SCC(=O)OCC(=O)Nc2ccc3ccccc3c2)cc1C. The van der Waals surface area contributed by atoms with E-state index in [9.17, 15) is 9.59 Å². The minimum atomic E-state index is -0.410. The summed E-state index contributed by atoms with van der Waals surface area (Å²) in [5.74, 6) is -0.590. The molecule has 0 heterocycles. The van der Waals surface area contributed by atoms with Gasteiger partial charge in [0, 0.05) is 10.6 Å². The summed E-state index contributed by atoms with van der Waals surface area (Å²) < 4.78 is 5.07. The molecular formula is C22H21NO3S. The van der Waals surface area contributed by atoms with Gasteiger partial charge in [0.15, 0.2) is 6.61 Å². The minimum absolute atomic E-state index is 0.172. The molecule has 0 aromatic heterocycles. The number of hydrogen-bond acceptors (Lipinski definition) is 4. The first-order chi connectivity index (χ1) is 13.0. The number of fused-ring (bicyclic) bond motifs is 1. The van der Waals surface area contributed by atoms with Gasteiger partial charge in [-0.05, 0) is 60.0 Å². The second-order valence-electron chi connectivity index (χ2n) is 6.31. The van der Waals surface area contributed by atoms with E-state index in [1.807, 2.05) is 74.5 Å². The molecule has 3 aromatic rings. The van der Waals surface area contributed by atoms with Crippen molar-refractivity contribution in [1.29, 1.82) is 0 Å². The zero-order valence-electron chi connectivity index (χ0n) is 15.3. The van der Waals surface area contributed by atoms with E-state index >= 15 is 0 Å². The summed E-state index contributed by atoms with van der Waals surface area (Å²) in [6, 6.07) is 19.6. The van der Waals surface area contributed by atoms with Crippen molar-refractivity contribution in [2.24, 2.45) is 0 Å². The second kappa shape index (κ2) is 8.73. The first-order valence-electron chi connectivity index (χ1n) is 8.65. The van der Waals surface area contributed by atoms with Crippen molar-refractivity contribution in [2.75, 3.05) is 17.7 Å². The maximum Gasteiger partial charge on any atom is 0.316 e. The quantitative estimate of drug-likeness (QED) is 0.497. The Kier molecular flexibility index (Phi) is 6.14. The molecule has 27 heavy (non-hydrogen) atoms. The lowest BCUT2D eigenvalue weighted by atomic mass is 10.1. The predicted molar refractivity (Wildman–Crippen MR) is 110 cm³/mol. The third-order valence-corrected chi connectivity index (χ3v) is 5.20. The molecule has 0 fully saturated rings. The maximum atomic E-state index is 12.0. The highest BCUT2D eigenvalue weighted by Gasteiger charge is 2.09. The molecule has 0 atom stereocenters. The van der Waals surface area contributed by atoms with Crippen LogP contribution in [0.4, 0.5) is 5.69 Å². The average molecular weight is 379 g/mol. The molecule has 0 aliphatic heterocycles. The Bertz CT molecular complexity index is 984. The molecule has 0 aliphatic carbocycles. The topological polar surface area (TPSA) is 55.4 Å². The molecule has 0 radical (unpaired) electrons. The minimum Gasteiger partial charge on any atom is -0.455 e. The van der Waals surface area contributed by atoms with Crippen molar-refractivity contribution in [3.8, 4) is 0 Å². The number of ether oxygens (including phenoxy) is 1. The molecule has 1 amide bonds. The fourth-order valence-electron chi connectivity index (χ4n) is 2.60. The number of carbonyl (C=O) groups excluding carboxylic acids is 2. The van der Waals surface area contributed by atoms with Gasteiger partial charge in [0.25, 0.3) is 5.91 Å². The Morgan fingerprint density at radius 2 is 1.70 bits per heavy atom. The van der Waals surface area contributed by atoms with E-state index in [0.717, 1.165) is 15.7 Å². The molecule has 3 rings (SSSR count). The lowest BCUT2D eigenvalue weighted by Crippen LogP contribution is -2.21. The van der Waals surface area contributed by atoms with Gasteiger partial charge >= 0.3 is 5.97 Å². The fraction of sp³-hybridized carbons (Fsp3) is 0.182. The number of thioether (sulfide) groups is 1. The van der Waals surface area contributed by atoms with Crippen LogP contribution in [0.5, 0.6) is 0 Å². The summed E-state index contributed by atoms with van der Waals surface area (Å²) in [5, 5.41) is 4.90. The molecule has 1 N–H and O–H groups in total. The number of hydrogen-bond donors (Lipinski definition) is 1. The third-order valence-electron chi connectivity index (χ3n) is 4.23. The Labute approximate surface area is 162 Å². The number of amides is 1. The van der Waals surface area contributed by atoms with Crippen LogP contribution >= 0.6 is 11.8 Å². The van der Waals surface area contributed by atoms with E-state index in [4.69, 9.17) is 4.74 Å². The van der Waals surface area contributed by atoms with E-state index in [-0.39, 0.29) is 18.3 Å². The fourth-order valence-corrected chi connectivity index (χ4v) is 3.39. The molecule has 0 aliphatic rings. The standard InChI is InChI=1S/C22H21NO3S/c1-15-7-10-20(11-16(15)2)27-14-22(25)26-13-21(24)23-19-9-8-17-5-3-4-6-18(17)12-19/h3-12H,13-14H2,1-2H3,(H,23,24). The number of esters is 1. The molecular weight excluding hydrogens is 358 g/mol. The van der Waals surface area contributed by atoms with Gasteiger partial charge in [-0.1, -0.05) is 36.4 Å². The number of carbonyl (C=O) groups is 2. The van der Waals surface area contributed by atoms with Crippen molar-refractivity contribution < 1.29 is 14.3 Å². The van der Waals surface area contributed by atoms with E-state index < -0.39 is 5.97 Å². The zero-order valence-corrected chi connectivity index (χ0v) is 16.1. The highest BCUT2D eigenvalue weighted by molar-refractivity contribution is 8.00. The molecule has 5 heteroatoms. The van der Waals surface area contributed by atoms with Crippen LogP contribution in [-0.4, -0.2) is 24.2 Å². The molecule has 0 unspecified atom stereocenters. The van der Waals surface area contributed by atoms with Gasteiger partial charge in [0.1, 0.15) is 0 Å². The number of anilines is 1. The smallest absolute Gasteiger partial charge is 0.316 e. The van der Waals surface area contributed by atoms with E-state index in [2.05, 4.69) is 5.32 Å². The summed E-state index contributed by atoms with van der Waals surface area (Å²) >= 11 is 1.40. The molecule has 0 spiro atoms. The van der Waals surface area contributed by atoms with Gasteiger partial charge in [0.05, 0.1) is 5.75 Å². The summed E-state index contributed by atoms with van der Waals surface area (Å²) in [6.07, 6.45) is 0. The predicted octanol–water partition coefficient (Wildman–Crippen LogP) is 4.73. The Hall–Kier alpha value is -2.79. The highest BCUT2D eigenvalue weighted by Crippen LogP contribution is 2.21. The van der Waals surface area contributed by atoms with Crippen molar-refractivity contribution >= 4 is 40.1 Å². The van der Waals surface area contributed by atoms with Crippen LogP contribution in [-0.2, 0) is 14.3 Å². The molecule has 0 bridgehead atoms. The molecule has 3 aromatic carbocycles. The van der Waals surface area contributed by atoms with Gasteiger partial charge in [0.2, 0.25) is 0 Å². The average Bonchev–Trinajstić information content (AvgIpc) is 2.67. The first kappa shape index (κ1) is 19.0. The largest absolute Gasteiger partial charge is 0.455 e. The summed E-state index contributed by atoms with van der Waals surface area (Å²) in [6.45, 7) is 3.79. The maximum absolute atomic E-state index is 12.0. The number of rotatable bonds is 6. The van der Waals surface area contributed by atoms with E-state index in [1.165, 1.54) is 22.9 Å². The number of benzene rings is 3. The second-order valence-corrected chi connectivity index (χ2v) is 7.35. The van der Waals surface area contributed by atoms with Crippen molar-refractivity contribution in [3.05, 3.63) is 71.8 Å². The van der Waals surface area contributed by atoms with Crippen molar-refractivity contribution in [1.82, 2.24) is 0 Å². The molecule has 0 saturated heterocycles. The monoisotopic (exact) mass is 379 g/mol. The van der Waals surface area contributed by atoms with Gasteiger partial charge < -0.3 is 10.1 Å². The van der Waals surface area contributed by atoms with Crippen LogP contribution in [0.2, 0.25) is 0 Å². The zero-order chi connectivity index (χ0) is 19.2. The van der Waals surface area contributed by atoms with Gasteiger partial charge in [-0.25, -0.2) is 0 Å². The lowest BCUT2D eigenvalue weighted by molar-refractivity contribution is -0.144. The lowest BCUT2D eigenvalue weighted by Gasteiger charge is -2.08. The molecule has 0 saturated carbocycles. The van der Waals surface area contributed by atoms with Crippen molar-refractivity contribution in [2.45, 2.75) is 18.7 Å². The highest BCUT2D eigenvalue weighted by atomic mass is 32.2. The Morgan fingerprint density at radius 3 is 2.48 bits per heavy atom. The molecule has 4 nitrogen and oxygen atoms in total. The summed E-state index contributed by atoms with van der Waals surface area (Å²) in [5.41, 5.74) is 3.08. The summed E-state index contributed by atoms with van der Waals surface area (Å²) in [7, 11) is 0.